The highest BCUT2D eigenvalue weighted by molar-refractivity contribution is 14.1. The van der Waals surface area contributed by atoms with Gasteiger partial charge in [0.2, 0.25) is 17.7 Å². The molecule has 0 aromatic heterocycles. The van der Waals surface area contributed by atoms with Crippen LogP contribution in [0.2, 0.25) is 0 Å². The summed E-state index contributed by atoms with van der Waals surface area (Å²) in [5, 5.41) is 3.10. The van der Waals surface area contributed by atoms with E-state index in [4.69, 9.17) is 4.74 Å². The molecular weight excluding hydrogens is 495 g/mol. The Balaban J connectivity index is 2.58. The maximum absolute atomic E-state index is 12.6. The van der Waals surface area contributed by atoms with Crippen LogP contribution in [0.5, 0.6) is 0 Å². The lowest BCUT2D eigenvalue weighted by Gasteiger charge is -2.37. The molecule has 0 aliphatic carbocycles. The van der Waals surface area contributed by atoms with Crippen LogP contribution >= 0.6 is 22.6 Å². The van der Waals surface area contributed by atoms with E-state index in [9.17, 15) is 14.4 Å². The number of ether oxygens (including phenoxy) is 1. The van der Waals surface area contributed by atoms with E-state index in [1.807, 2.05) is 27.7 Å². The number of alkyl halides is 1. The summed E-state index contributed by atoms with van der Waals surface area (Å²) in [4.78, 5) is 38.5. The average Bonchev–Trinajstić information content (AvgIpc) is 2.75. The molecule has 1 fully saturated rings. The maximum Gasteiger partial charge on any atom is 0.233 e. The van der Waals surface area contributed by atoms with Crippen LogP contribution in [0.25, 0.3) is 0 Å². The van der Waals surface area contributed by atoms with Gasteiger partial charge in [0.05, 0.1) is 5.60 Å². The van der Waals surface area contributed by atoms with Crippen molar-refractivity contribution in [3.63, 3.8) is 0 Å². The van der Waals surface area contributed by atoms with Crippen molar-refractivity contribution in [3.8, 4) is 0 Å². The molecule has 7 heteroatoms. The maximum atomic E-state index is 12.6. The molecule has 0 bridgehead atoms. The van der Waals surface area contributed by atoms with Crippen LogP contribution in [-0.2, 0) is 19.1 Å². The SMILES string of the molecule is CC1CC(=O)N(C(C)(C)CCC(=O)NC(C)(C)CC(C)(C)OCCC(C)(C)I)C1=O. The summed E-state index contributed by atoms with van der Waals surface area (Å²) >= 11 is 2.42. The lowest BCUT2D eigenvalue weighted by molar-refractivity contribution is -0.146. The molecule has 1 saturated heterocycles. The van der Waals surface area contributed by atoms with Gasteiger partial charge in [-0.1, -0.05) is 43.4 Å². The molecule has 1 atom stereocenters. The van der Waals surface area contributed by atoms with Gasteiger partial charge in [-0.3, -0.25) is 19.3 Å². The highest BCUT2D eigenvalue weighted by Crippen LogP contribution is 2.31. The molecular formula is C23H41IN2O4. The molecule has 174 valence electrons. The van der Waals surface area contributed by atoms with E-state index in [1.165, 1.54) is 4.90 Å². The van der Waals surface area contributed by atoms with Crippen LogP contribution in [0.15, 0.2) is 0 Å². The molecule has 0 spiro atoms. The smallest absolute Gasteiger partial charge is 0.233 e. The largest absolute Gasteiger partial charge is 0.375 e. The van der Waals surface area contributed by atoms with Crippen molar-refractivity contribution in [2.75, 3.05) is 6.61 Å². The Morgan fingerprint density at radius 1 is 1.10 bits per heavy atom. The van der Waals surface area contributed by atoms with Crippen molar-refractivity contribution in [1.82, 2.24) is 10.2 Å². The predicted molar refractivity (Wildman–Crippen MR) is 129 cm³/mol. The lowest BCUT2D eigenvalue weighted by Crippen LogP contribution is -2.50. The second kappa shape index (κ2) is 9.84. The number of hydrogen-bond donors (Lipinski definition) is 1. The van der Waals surface area contributed by atoms with Gasteiger partial charge in [-0.05, 0) is 60.8 Å². The molecule has 1 unspecified atom stereocenters. The first-order valence-electron chi connectivity index (χ1n) is 10.9. The fraction of sp³-hybridized carbons (Fsp3) is 0.870. The van der Waals surface area contributed by atoms with Gasteiger partial charge in [-0.15, -0.1) is 0 Å². The number of nitrogens with one attached hydrogen (secondary N) is 1. The number of likely N-dealkylation sites (tertiary alicyclic amines) is 1. The van der Waals surface area contributed by atoms with E-state index >= 15 is 0 Å². The first kappa shape index (κ1) is 27.3. The van der Waals surface area contributed by atoms with Gasteiger partial charge in [0.1, 0.15) is 0 Å². The standard InChI is InChI=1S/C23H41IN2O4/c1-16-14-18(28)26(19(16)29)22(6,7)11-10-17(27)25-21(4,5)15-23(8,9)30-13-12-20(2,3)24/h16H,10-15H2,1-9H3,(H,25,27). The molecule has 1 aliphatic rings. The molecule has 1 rings (SSSR count). The van der Waals surface area contributed by atoms with Gasteiger partial charge in [0.25, 0.3) is 0 Å². The Morgan fingerprint density at radius 3 is 2.13 bits per heavy atom. The van der Waals surface area contributed by atoms with Gasteiger partial charge in [-0.2, -0.15) is 0 Å². The third-order valence-electron chi connectivity index (χ3n) is 5.48. The van der Waals surface area contributed by atoms with Crippen LogP contribution in [0.3, 0.4) is 0 Å². The van der Waals surface area contributed by atoms with Crippen molar-refractivity contribution >= 4 is 40.3 Å². The number of imide groups is 1. The fourth-order valence-electron chi connectivity index (χ4n) is 4.12. The summed E-state index contributed by atoms with van der Waals surface area (Å²) in [5.74, 6) is -0.639. The van der Waals surface area contributed by atoms with Gasteiger partial charge >= 0.3 is 0 Å². The van der Waals surface area contributed by atoms with Crippen molar-refractivity contribution in [3.05, 3.63) is 0 Å². The summed E-state index contributed by atoms with van der Waals surface area (Å²) in [6.07, 6.45) is 2.59. The summed E-state index contributed by atoms with van der Waals surface area (Å²) in [7, 11) is 0. The van der Waals surface area contributed by atoms with E-state index in [0.717, 1.165) is 6.42 Å². The highest BCUT2D eigenvalue weighted by atomic mass is 127. The van der Waals surface area contributed by atoms with E-state index in [0.29, 0.717) is 19.4 Å². The summed E-state index contributed by atoms with van der Waals surface area (Å²) in [6.45, 7) is 18.6. The van der Waals surface area contributed by atoms with Gasteiger partial charge < -0.3 is 10.1 Å². The fourth-order valence-corrected chi connectivity index (χ4v) is 4.34. The number of carbonyl (C=O) groups is 3. The van der Waals surface area contributed by atoms with Crippen molar-refractivity contribution in [2.45, 2.75) is 115 Å². The summed E-state index contributed by atoms with van der Waals surface area (Å²) in [6, 6.07) is 0. The Bertz CT molecular complexity index is 650. The average molecular weight is 536 g/mol. The predicted octanol–water partition coefficient (Wildman–Crippen LogP) is 4.62. The number of hydrogen-bond acceptors (Lipinski definition) is 4. The molecule has 0 aromatic carbocycles. The van der Waals surface area contributed by atoms with E-state index in [1.54, 1.807) is 6.92 Å². The minimum absolute atomic E-state index is 0.0792. The molecule has 1 N–H and O–H groups in total. The number of nitrogens with zero attached hydrogens (tertiary/aromatic N) is 1. The van der Waals surface area contributed by atoms with E-state index in [-0.39, 0.29) is 45.5 Å². The van der Waals surface area contributed by atoms with Crippen LogP contribution in [0.1, 0.15) is 94.4 Å². The Hall–Kier alpha value is -0.700. The van der Waals surface area contributed by atoms with Crippen molar-refractivity contribution in [2.24, 2.45) is 5.92 Å². The Kier molecular flexibility index (Phi) is 8.96. The normalized spacial score (nSPS) is 18.9. The second-order valence-corrected chi connectivity index (χ2v) is 14.1. The van der Waals surface area contributed by atoms with Crippen LogP contribution in [0.4, 0.5) is 0 Å². The van der Waals surface area contributed by atoms with Crippen LogP contribution < -0.4 is 5.32 Å². The zero-order chi connectivity index (χ0) is 23.5. The lowest BCUT2D eigenvalue weighted by atomic mass is 9.88. The molecule has 0 aromatic rings. The van der Waals surface area contributed by atoms with Gasteiger partial charge in [0, 0.05) is 39.9 Å². The molecule has 0 radical (unpaired) electrons. The monoisotopic (exact) mass is 536 g/mol. The van der Waals surface area contributed by atoms with Crippen LogP contribution in [0, 0.1) is 5.92 Å². The molecule has 1 heterocycles. The molecule has 3 amide bonds. The quantitative estimate of drug-likeness (QED) is 0.238. The number of rotatable bonds is 11. The van der Waals surface area contributed by atoms with Crippen LogP contribution in [-0.4, -0.2) is 49.3 Å². The van der Waals surface area contributed by atoms with Crippen molar-refractivity contribution in [1.29, 1.82) is 0 Å². The third-order valence-corrected chi connectivity index (χ3v) is 6.02. The van der Waals surface area contributed by atoms with Crippen molar-refractivity contribution < 1.29 is 19.1 Å². The molecule has 6 nitrogen and oxygen atoms in total. The molecule has 30 heavy (non-hydrogen) atoms. The van der Waals surface area contributed by atoms with Gasteiger partial charge in [-0.25, -0.2) is 0 Å². The summed E-state index contributed by atoms with van der Waals surface area (Å²) in [5.41, 5.74) is -1.46. The topological polar surface area (TPSA) is 75.7 Å². The summed E-state index contributed by atoms with van der Waals surface area (Å²) < 4.78 is 6.30. The highest BCUT2D eigenvalue weighted by Gasteiger charge is 2.44. The molecule has 0 saturated carbocycles. The van der Waals surface area contributed by atoms with E-state index in [2.05, 4.69) is 55.6 Å². The third kappa shape index (κ3) is 8.81. The minimum Gasteiger partial charge on any atom is -0.375 e. The van der Waals surface area contributed by atoms with Gasteiger partial charge in [0.15, 0.2) is 0 Å². The molecule has 1 aliphatic heterocycles. The zero-order valence-corrected chi connectivity index (χ0v) is 22.4. The zero-order valence-electron chi connectivity index (χ0n) is 20.3. The number of halogens is 1. The van der Waals surface area contributed by atoms with E-state index < -0.39 is 11.1 Å². The Labute approximate surface area is 196 Å². The second-order valence-electron chi connectivity index (χ2n) is 11.2. The minimum atomic E-state index is -0.672. The number of amides is 3. The first-order chi connectivity index (χ1) is 13.4. The number of carbonyl (C=O) groups excluding carboxylic acids is 3. The Morgan fingerprint density at radius 2 is 1.67 bits per heavy atom. The first-order valence-corrected chi connectivity index (χ1v) is 11.9.